The molecule has 5 rings (SSSR count). The fraction of sp³-hybridized carbons (Fsp3) is 0.296. The van der Waals surface area contributed by atoms with Gasteiger partial charge in [-0.1, -0.05) is 44.2 Å². The van der Waals surface area contributed by atoms with Crippen LogP contribution in [0.1, 0.15) is 37.7 Å². The topological polar surface area (TPSA) is 85.0 Å². The molecule has 1 fully saturated rings. The van der Waals surface area contributed by atoms with E-state index in [0.717, 1.165) is 30.6 Å². The number of hydrogen-bond donors (Lipinski definition) is 0. The SMILES string of the molecule is Cc1ncc(-c2ccc(C(=O)N3CC[C@@H](C(C)C)C3)cc2)nc1-c1nnc(-c2ccccc2)o1.[HH]. The van der Waals surface area contributed by atoms with Gasteiger partial charge in [0.15, 0.2) is 0 Å². The van der Waals surface area contributed by atoms with Crippen molar-refractivity contribution in [2.24, 2.45) is 11.8 Å². The fourth-order valence-corrected chi connectivity index (χ4v) is 4.29. The first-order chi connectivity index (χ1) is 16.5. The van der Waals surface area contributed by atoms with Gasteiger partial charge in [0.1, 0.15) is 5.69 Å². The van der Waals surface area contributed by atoms with E-state index in [1.807, 2.05) is 66.4 Å². The molecule has 7 heteroatoms. The lowest BCUT2D eigenvalue weighted by Gasteiger charge is -2.18. The van der Waals surface area contributed by atoms with Crippen LogP contribution in [0.3, 0.4) is 0 Å². The third-order valence-corrected chi connectivity index (χ3v) is 6.49. The molecule has 2 aromatic heterocycles. The van der Waals surface area contributed by atoms with Gasteiger partial charge in [-0.3, -0.25) is 9.78 Å². The van der Waals surface area contributed by atoms with Crippen molar-refractivity contribution in [3.8, 4) is 34.3 Å². The van der Waals surface area contributed by atoms with Gasteiger partial charge in [-0.2, -0.15) is 0 Å². The second kappa shape index (κ2) is 9.17. The zero-order chi connectivity index (χ0) is 23.7. The Balaban J connectivity index is 0.00000289. The number of carbonyl (C=O) groups excluding carboxylic acids is 1. The Morgan fingerprint density at radius 2 is 1.76 bits per heavy atom. The van der Waals surface area contributed by atoms with Gasteiger partial charge in [0.2, 0.25) is 5.89 Å². The predicted molar refractivity (Wildman–Crippen MR) is 132 cm³/mol. The molecule has 1 atom stereocenters. The van der Waals surface area contributed by atoms with Crippen LogP contribution in [-0.2, 0) is 0 Å². The average molecular weight is 456 g/mol. The summed E-state index contributed by atoms with van der Waals surface area (Å²) in [5.41, 5.74) is 4.34. The van der Waals surface area contributed by atoms with Crippen molar-refractivity contribution in [1.29, 1.82) is 0 Å². The van der Waals surface area contributed by atoms with Crippen molar-refractivity contribution in [3.63, 3.8) is 0 Å². The van der Waals surface area contributed by atoms with Crippen molar-refractivity contribution in [2.75, 3.05) is 13.1 Å². The fourth-order valence-electron chi connectivity index (χ4n) is 4.29. The monoisotopic (exact) mass is 455 g/mol. The number of aryl methyl sites for hydroxylation is 1. The summed E-state index contributed by atoms with van der Waals surface area (Å²) in [5, 5.41) is 8.35. The number of rotatable bonds is 5. The molecule has 1 aliphatic rings. The Morgan fingerprint density at radius 1 is 1.03 bits per heavy atom. The third kappa shape index (κ3) is 4.33. The van der Waals surface area contributed by atoms with E-state index in [9.17, 15) is 4.79 Å². The van der Waals surface area contributed by atoms with Crippen molar-refractivity contribution in [3.05, 3.63) is 72.1 Å². The van der Waals surface area contributed by atoms with Crippen LogP contribution in [0.15, 0.2) is 65.2 Å². The van der Waals surface area contributed by atoms with Crippen LogP contribution in [0.5, 0.6) is 0 Å². The molecule has 1 aliphatic heterocycles. The number of benzene rings is 2. The first kappa shape index (κ1) is 21.9. The van der Waals surface area contributed by atoms with Gasteiger partial charge in [0.05, 0.1) is 17.6 Å². The Hall–Kier alpha value is -3.87. The molecule has 0 spiro atoms. The normalized spacial score (nSPS) is 15.8. The number of amides is 1. The van der Waals surface area contributed by atoms with Crippen LogP contribution in [0.4, 0.5) is 0 Å². The lowest BCUT2D eigenvalue weighted by molar-refractivity contribution is 0.0784. The molecule has 1 saturated heterocycles. The molecule has 0 bridgehead atoms. The zero-order valence-electron chi connectivity index (χ0n) is 19.6. The highest BCUT2D eigenvalue weighted by molar-refractivity contribution is 5.94. The molecule has 3 heterocycles. The van der Waals surface area contributed by atoms with Gasteiger partial charge in [-0.05, 0) is 49.4 Å². The van der Waals surface area contributed by atoms with E-state index in [4.69, 9.17) is 9.40 Å². The van der Waals surface area contributed by atoms with Crippen LogP contribution >= 0.6 is 0 Å². The van der Waals surface area contributed by atoms with Crippen molar-refractivity contribution >= 4 is 5.91 Å². The molecular formula is C27H29N5O2. The minimum absolute atomic E-state index is 0. The lowest BCUT2D eigenvalue weighted by atomic mass is 9.95. The molecule has 2 aromatic carbocycles. The maximum Gasteiger partial charge on any atom is 0.268 e. The van der Waals surface area contributed by atoms with Crippen molar-refractivity contribution in [2.45, 2.75) is 27.2 Å². The molecule has 0 aliphatic carbocycles. The number of aromatic nitrogens is 4. The molecule has 0 saturated carbocycles. The van der Waals surface area contributed by atoms with Gasteiger partial charge in [-0.25, -0.2) is 4.98 Å². The summed E-state index contributed by atoms with van der Waals surface area (Å²) in [5.74, 6) is 2.02. The van der Waals surface area contributed by atoms with Crippen LogP contribution in [0.2, 0.25) is 0 Å². The molecule has 174 valence electrons. The highest BCUT2D eigenvalue weighted by Gasteiger charge is 2.28. The summed E-state index contributed by atoms with van der Waals surface area (Å²) >= 11 is 0. The molecule has 0 radical (unpaired) electrons. The maximum atomic E-state index is 12.9. The van der Waals surface area contributed by atoms with Gasteiger partial charge >= 0.3 is 0 Å². The van der Waals surface area contributed by atoms with Crippen LogP contribution in [0, 0.1) is 18.8 Å². The minimum Gasteiger partial charge on any atom is -0.415 e. The second-order valence-corrected chi connectivity index (χ2v) is 9.09. The summed E-state index contributed by atoms with van der Waals surface area (Å²) < 4.78 is 5.89. The molecule has 34 heavy (non-hydrogen) atoms. The molecule has 4 aromatic rings. The summed E-state index contributed by atoms with van der Waals surface area (Å²) in [6.45, 7) is 7.97. The van der Waals surface area contributed by atoms with E-state index in [-0.39, 0.29) is 7.33 Å². The van der Waals surface area contributed by atoms with Gasteiger partial charge in [0.25, 0.3) is 11.8 Å². The summed E-state index contributed by atoms with van der Waals surface area (Å²) in [6.07, 6.45) is 2.79. The van der Waals surface area contributed by atoms with Crippen LogP contribution in [-0.4, -0.2) is 44.1 Å². The van der Waals surface area contributed by atoms with E-state index < -0.39 is 0 Å². The van der Waals surface area contributed by atoms with Gasteiger partial charge in [-0.15, -0.1) is 10.2 Å². The summed E-state index contributed by atoms with van der Waals surface area (Å²) in [7, 11) is 0. The third-order valence-electron chi connectivity index (χ3n) is 6.49. The van der Waals surface area contributed by atoms with Crippen LogP contribution in [0.25, 0.3) is 34.3 Å². The van der Waals surface area contributed by atoms with E-state index in [1.54, 1.807) is 6.20 Å². The second-order valence-electron chi connectivity index (χ2n) is 9.09. The molecule has 0 unspecified atom stereocenters. The van der Waals surface area contributed by atoms with E-state index >= 15 is 0 Å². The van der Waals surface area contributed by atoms with Crippen molar-refractivity contribution in [1.82, 2.24) is 25.1 Å². The lowest BCUT2D eigenvalue weighted by Crippen LogP contribution is -2.29. The summed E-state index contributed by atoms with van der Waals surface area (Å²) in [6, 6.07) is 17.2. The summed E-state index contributed by atoms with van der Waals surface area (Å²) in [4.78, 5) is 24.1. The average Bonchev–Trinajstić information content (AvgIpc) is 3.55. The Morgan fingerprint density at radius 3 is 2.47 bits per heavy atom. The predicted octanol–water partition coefficient (Wildman–Crippen LogP) is 5.53. The number of nitrogens with zero attached hydrogens (tertiary/aromatic N) is 5. The molecule has 7 nitrogen and oxygen atoms in total. The van der Waals surface area contributed by atoms with E-state index in [2.05, 4.69) is 29.0 Å². The molecule has 0 N–H and O–H groups in total. The number of likely N-dealkylation sites (tertiary alicyclic amines) is 1. The van der Waals surface area contributed by atoms with E-state index in [1.165, 1.54) is 0 Å². The zero-order valence-corrected chi connectivity index (χ0v) is 19.6. The number of carbonyl (C=O) groups is 1. The Kier molecular flexibility index (Phi) is 5.92. The Bertz CT molecular complexity index is 1300. The standard InChI is InChI=1S/C27H27N5O2.H2/c1-17(2)22-13-14-32(16-22)27(33)21-11-9-19(10-12-21)23-15-28-18(3)24(29-23)26-31-30-25(34-26)20-7-5-4-6-8-20;/h4-12,15,17,22H,13-14,16H2,1-3H3;1H/t22-;/m1./s1. The Labute approximate surface area is 200 Å². The van der Waals surface area contributed by atoms with Crippen LogP contribution < -0.4 is 0 Å². The smallest absolute Gasteiger partial charge is 0.268 e. The highest BCUT2D eigenvalue weighted by atomic mass is 16.4. The van der Waals surface area contributed by atoms with Gasteiger partial charge < -0.3 is 9.32 Å². The molecule has 1 amide bonds. The largest absolute Gasteiger partial charge is 0.415 e. The van der Waals surface area contributed by atoms with E-state index in [0.29, 0.717) is 46.3 Å². The number of hydrogen-bond acceptors (Lipinski definition) is 6. The first-order valence-corrected chi connectivity index (χ1v) is 11.6. The highest BCUT2D eigenvalue weighted by Crippen LogP contribution is 2.28. The minimum atomic E-state index is 0. The van der Waals surface area contributed by atoms with Crippen molar-refractivity contribution < 1.29 is 10.6 Å². The molecular weight excluding hydrogens is 426 g/mol. The maximum absolute atomic E-state index is 12.9. The first-order valence-electron chi connectivity index (χ1n) is 11.6. The quantitative estimate of drug-likeness (QED) is 0.393. The van der Waals surface area contributed by atoms with Gasteiger partial charge in [0, 0.05) is 31.2 Å².